The molecule has 0 radical (unpaired) electrons. The summed E-state index contributed by atoms with van der Waals surface area (Å²) in [6.45, 7) is 0. The molecule has 3 heteroatoms. The van der Waals surface area contributed by atoms with E-state index in [4.69, 9.17) is 0 Å². The molecule has 0 aliphatic rings. The van der Waals surface area contributed by atoms with E-state index in [1.165, 1.54) is 18.3 Å². The van der Waals surface area contributed by atoms with E-state index in [2.05, 4.69) is 77.4 Å². The van der Waals surface area contributed by atoms with Crippen molar-refractivity contribution in [2.45, 2.75) is 14.7 Å². The van der Waals surface area contributed by atoms with Crippen LogP contribution in [0.4, 0.5) is 0 Å². The third-order valence-electron chi connectivity index (χ3n) is 2.07. The molecule has 0 atom stereocenters. The highest BCUT2D eigenvalue weighted by atomic mass is 127. The van der Waals surface area contributed by atoms with Gasteiger partial charge in [0.2, 0.25) is 0 Å². The van der Waals surface area contributed by atoms with Gasteiger partial charge in [0.15, 0.2) is 0 Å². The predicted octanol–water partition coefficient (Wildman–Crippen LogP) is 5.16. The van der Waals surface area contributed by atoms with Crippen LogP contribution in [0.2, 0.25) is 0 Å². The molecule has 0 aliphatic carbocycles. The van der Waals surface area contributed by atoms with Crippen LogP contribution in [-0.2, 0) is 0 Å². The monoisotopic (exact) mass is 358 g/mol. The zero-order chi connectivity index (χ0) is 11.4. The van der Waals surface area contributed by atoms with Gasteiger partial charge < -0.3 is 0 Å². The molecule has 0 amide bonds. The highest BCUT2D eigenvalue weighted by molar-refractivity contribution is 14.1. The molecule has 2 rings (SSSR count). The van der Waals surface area contributed by atoms with Gasteiger partial charge in [0.05, 0.1) is 0 Å². The zero-order valence-electron chi connectivity index (χ0n) is 8.81. The number of hydrogen-bond acceptors (Lipinski definition) is 2. The maximum absolute atomic E-state index is 2.34. The van der Waals surface area contributed by atoms with E-state index in [0.29, 0.717) is 0 Å². The first-order chi connectivity index (χ1) is 7.78. The Morgan fingerprint density at radius 1 is 0.875 bits per heavy atom. The minimum atomic E-state index is 1.28. The first-order valence-electron chi connectivity index (χ1n) is 4.85. The molecule has 0 saturated carbocycles. The summed E-state index contributed by atoms with van der Waals surface area (Å²) in [5, 5.41) is 0. The Morgan fingerprint density at radius 2 is 1.50 bits per heavy atom. The average molecular weight is 358 g/mol. The molecule has 0 spiro atoms. The van der Waals surface area contributed by atoms with Crippen LogP contribution in [0.3, 0.4) is 0 Å². The van der Waals surface area contributed by atoms with Gasteiger partial charge in [-0.3, -0.25) is 0 Å². The maximum Gasteiger partial charge on any atom is 0.0141 e. The summed E-state index contributed by atoms with van der Waals surface area (Å²) in [5.41, 5.74) is 0. The normalized spacial score (nSPS) is 10.4. The van der Waals surface area contributed by atoms with Gasteiger partial charge in [-0.2, -0.15) is 0 Å². The Labute approximate surface area is 118 Å². The summed E-state index contributed by atoms with van der Waals surface area (Å²) >= 11 is 5.94. The standard InChI is InChI=1S/C13H11IS2/c1-15-11-5-3-7-13(9-11)16-12-6-2-4-10(14)8-12/h2-9H,1H3. The number of benzene rings is 2. The molecule has 0 N–H and O–H groups in total. The van der Waals surface area contributed by atoms with Crippen molar-refractivity contribution in [1.29, 1.82) is 0 Å². The number of hydrogen-bond donors (Lipinski definition) is 0. The minimum Gasteiger partial charge on any atom is -0.130 e. The summed E-state index contributed by atoms with van der Waals surface area (Å²) in [6, 6.07) is 17.2. The molecule has 0 aromatic heterocycles. The average Bonchev–Trinajstić information content (AvgIpc) is 2.29. The Kier molecular flexibility index (Phi) is 4.61. The molecule has 82 valence electrons. The fourth-order valence-corrected chi connectivity index (χ4v) is 3.56. The van der Waals surface area contributed by atoms with Crippen molar-refractivity contribution in [3.8, 4) is 0 Å². The van der Waals surface area contributed by atoms with Crippen molar-refractivity contribution in [3.05, 3.63) is 52.1 Å². The molecular formula is C13H11IS2. The summed E-state index contributed by atoms with van der Waals surface area (Å²) < 4.78 is 1.28. The Morgan fingerprint density at radius 3 is 2.19 bits per heavy atom. The third-order valence-corrected chi connectivity index (χ3v) is 4.45. The van der Waals surface area contributed by atoms with E-state index in [-0.39, 0.29) is 0 Å². The Bertz CT molecular complexity index is 483. The van der Waals surface area contributed by atoms with Gasteiger partial charge in [-0.1, -0.05) is 23.9 Å². The van der Waals surface area contributed by atoms with Crippen LogP contribution in [-0.4, -0.2) is 6.26 Å². The van der Waals surface area contributed by atoms with Crippen molar-refractivity contribution in [2.24, 2.45) is 0 Å². The molecule has 2 aromatic rings. The smallest absolute Gasteiger partial charge is 0.0141 e. The van der Waals surface area contributed by atoms with Gasteiger partial charge in [-0.25, -0.2) is 0 Å². The number of rotatable bonds is 3. The van der Waals surface area contributed by atoms with Crippen LogP contribution >= 0.6 is 46.1 Å². The lowest BCUT2D eigenvalue weighted by atomic mass is 10.4. The second-order valence-corrected chi connectivity index (χ2v) is 6.51. The highest BCUT2D eigenvalue weighted by Gasteiger charge is 1.99. The lowest BCUT2D eigenvalue weighted by Gasteiger charge is -2.03. The van der Waals surface area contributed by atoms with Gasteiger partial charge in [0.1, 0.15) is 0 Å². The van der Waals surface area contributed by atoms with Gasteiger partial charge in [-0.15, -0.1) is 11.8 Å². The van der Waals surface area contributed by atoms with Crippen LogP contribution in [0.15, 0.2) is 63.2 Å². The van der Waals surface area contributed by atoms with E-state index in [0.717, 1.165) is 0 Å². The summed E-state index contributed by atoms with van der Waals surface area (Å²) in [5.74, 6) is 0. The summed E-state index contributed by atoms with van der Waals surface area (Å²) in [7, 11) is 0. The van der Waals surface area contributed by atoms with Crippen LogP contribution in [0.5, 0.6) is 0 Å². The van der Waals surface area contributed by atoms with Gasteiger partial charge in [0, 0.05) is 18.3 Å². The van der Waals surface area contributed by atoms with E-state index in [1.54, 1.807) is 11.8 Å². The van der Waals surface area contributed by atoms with E-state index in [9.17, 15) is 0 Å². The topological polar surface area (TPSA) is 0 Å². The quantitative estimate of drug-likeness (QED) is 0.549. The summed E-state index contributed by atoms with van der Waals surface area (Å²) in [4.78, 5) is 3.91. The van der Waals surface area contributed by atoms with Crippen molar-refractivity contribution in [1.82, 2.24) is 0 Å². The Balaban J connectivity index is 2.20. The molecule has 0 heterocycles. The molecule has 0 nitrogen and oxygen atoms in total. The van der Waals surface area contributed by atoms with Crippen molar-refractivity contribution < 1.29 is 0 Å². The fourth-order valence-electron chi connectivity index (χ4n) is 1.33. The SMILES string of the molecule is CSc1cccc(Sc2cccc(I)c2)c1. The maximum atomic E-state index is 2.34. The lowest BCUT2D eigenvalue weighted by Crippen LogP contribution is -1.76. The highest BCUT2D eigenvalue weighted by Crippen LogP contribution is 2.30. The molecule has 2 aromatic carbocycles. The molecule has 16 heavy (non-hydrogen) atoms. The minimum absolute atomic E-state index is 1.28. The van der Waals surface area contributed by atoms with Crippen molar-refractivity contribution in [2.75, 3.05) is 6.26 Å². The van der Waals surface area contributed by atoms with E-state index in [1.807, 2.05) is 11.8 Å². The lowest BCUT2D eigenvalue weighted by molar-refractivity contribution is 1.32. The van der Waals surface area contributed by atoms with Crippen molar-refractivity contribution >= 4 is 46.1 Å². The summed E-state index contributed by atoms with van der Waals surface area (Å²) in [6.07, 6.45) is 2.11. The van der Waals surface area contributed by atoms with Crippen LogP contribution < -0.4 is 0 Å². The van der Waals surface area contributed by atoms with Crippen molar-refractivity contribution in [3.63, 3.8) is 0 Å². The third kappa shape index (κ3) is 3.43. The van der Waals surface area contributed by atoms with Gasteiger partial charge >= 0.3 is 0 Å². The Hall–Kier alpha value is -0.130. The van der Waals surface area contributed by atoms with E-state index < -0.39 is 0 Å². The molecule has 0 unspecified atom stereocenters. The first kappa shape index (κ1) is 12.3. The predicted molar refractivity (Wildman–Crippen MR) is 81.5 cm³/mol. The van der Waals surface area contributed by atoms with Crippen LogP contribution in [0.1, 0.15) is 0 Å². The number of halogens is 1. The second-order valence-electron chi connectivity index (χ2n) is 3.24. The van der Waals surface area contributed by atoms with E-state index >= 15 is 0 Å². The molecule has 0 bridgehead atoms. The molecular weight excluding hydrogens is 347 g/mol. The molecule has 0 saturated heterocycles. The molecule has 0 aliphatic heterocycles. The zero-order valence-corrected chi connectivity index (χ0v) is 12.6. The largest absolute Gasteiger partial charge is 0.130 e. The van der Waals surface area contributed by atoms with Crippen LogP contribution in [0, 0.1) is 3.57 Å². The van der Waals surface area contributed by atoms with Gasteiger partial charge in [0.25, 0.3) is 0 Å². The second kappa shape index (κ2) is 5.98. The molecule has 0 fully saturated rings. The fraction of sp³-hybridized carbons (Fsp3) is 0.0769. The van der Waals surface area contributed by atoms with Gasteiger partial charge in [-0.05, 0) is 65.2 Å². The number of thioether (sulfide) groups is 1. The van der Waals surface area contributed by atoms with Crippen LogP contribution in [0.25, 0.3) is 0 Å². The first-order valence-corrected chi connectivity index (χ1v) is 7.97.